The number of benzene rings is 2. The number of hydrogen-bond donors (Lipinski definition) is 0. The highest BCUT2D eigenvalue weighted by Crippen LogP contribution is 2.29. The van der Waals surface area contributed by atoms with Gasteiger partial charge in [0.25, 0.3) is 0 Å². The van der Waals surface area contributed by atoms with Crippen LogP contribution in [0.3, 0.4) is 0 Å². The van der Waals surface area contributed by atoms with Crippen molar-refractivity contribution in [2.24, 2.45) is 0 Å². The van der Waals surface area contributed by atoms with Crippen molar-refractivity contribution in [3.8, 4) is 11.3 Å². The molecule has 0 saturated carbocycles. The van der Waals surface area contributed by atoms with Crippen LogP contribution >= 0.6 is 0 Å². The maximum absolute atomic E-state index is 4.86. The minimum absolute atomic E-state index is 1.06. The second kappa shape index (κ2) is 5.45. The SMILES string of the molecule is Cc1ccc(N2CCCC2)cc1-c1ccc2ccccc2n1. The summed E-state index contributed by atoms with van der Waals surface area (Å²) in [7, 11) is 0. The summed E-state index contributed by atoms with van der Waals surface area (Å²) >= 11 is 0. The molecule has 2 aromatic carbocycles. The molecule has 22 heavy (non-hydrogen) atoms. The van der Waals surface area contributed by atoms with Crippen molar-refractivity contribution in [3.05, 3.63) is 60.2 Å². The van der Waals surface area contributed by atoms with Gasteiger partial charge in [0.15, 0.2) is 0 Å². The maximum Gasteiger partial charge on any atom is 0.0713 e. The smallest absolute Gasteiger partial charge is 0.0713 e. The van der Waals surface area contributed by atoms with E-state index in [9.17, 15) is 0 Å². The summed E-state index contributed by atoms with van der Waals surface area (Å²) in [5, 5.41) is 1.19. The molecular formula is C20H20N2. The van der Waals surface area contributed by atoms with Crippen LogP contribution in [0.15, 0.2) is 54.6 Å². The fraction of sp³-hybridized carbons (Fsp3) is 0.250. The molecule has 1 aromatic heterocycles. The summed E-state index contributed by atoms with van der Waals surface area (Å²) < 4.78 is 0. The minimum atomic E-state index is 1.06. The number of fused-ring (bicyclic) bond motifs is 1. The van der Waals surface area contributed by atoms with E-state index in [1.807, 2.05) is 6.07 Å². The average Bonchev–Trinajstić information content (AvgIpc) is 3.09. The number of nitrogens with zero attached hydrogens (tertiary/aromatic N) is 2. The minimum Gasteiger partial charge on any atom is -0.372 e. The van der Waals surface area contributed by atoms with Crippen molar-refractivity contribution in [2.45, 2.75) is 19.8 Å². The number of aryl methyl sites for hydroxylation is 1. The van der Waals surface area contributed by atoms with Crippen LogP contribution < -0.4 is 4.90 Å². The molecule has 3 aromatic rings. The number of pyridine rings is 1. The Labute approximate surface area is 131 Å². The molecule has 0 atom stereocenters. The number of aromatic nitrogens is 1. The molecule has 4 rings (SSSR count). The lowest BCUT2D eigenvalue weighted by atomic mass is 10.0. The van der Waals surface area contributed by atoms with Crippen molar-refractivity contribution in [3.63, 3.8) is 0 Å². The van der Waals surface area contributed by atoms with E-state index in [2.05, 4.69) is 60.4 Å². The van der Waals surface area contributed by atoms with E-state index in [1.165, 1.54) is 48.1 Å². The van der Waals surface area contributed by atoms with Crippen LogP contribution in [0.2, 0.25) is 0 Å². The van der Waals surface area contributed by atoms with Gasteiger partial charge in [-0.2, -0.15) is 0 Å². The van der Waals surface area contributed by atoms with Gasteiger partial charge in [0.2, 0.25) is 0 Å². The summed E-state index contributed by atoms with van der Waals surface area (Å²) in [6, 6.07) is 19.4. The molecule has 0 aliphatic carbocycles. The van der Waals surface area contributed by atoms with Gasteiger partial charge in [-0.1, -0.05) is 30.3 Å². The first-order valence-corrected chi connectivity index (χ1v) is 8.03. The monoisotopic (exact) mass is 288 g/mol. The Morgan fingerprint density at radius 2 is 1.73 bits per heavy atom. The van der Waals surface area contributed by atoms with Gasteiger partial charge < -0.3 is 4.90 Å². The van der Waals surface area contributed by atoms with Crippen molar-refractivity contribution < 1.29 is 0 Å². The van der Waals surface area contributed by atoms with Crippen molar-refractivity contribution in [1.29, 1.82) is 0 Å². The van der Waals surface area contributed by atoms with E-state index < -0.39 is 0 Å². The molecular weight excluding hydrogens is 268 g/mol. The van der Waals surface area contributed by atoms with E-state index in [-0.39, 0.29) is 0 Å². The van der Waals surface area contributed by atoms with Gasteiger partial charge in [0.05, 0.1) is 11.2 Å². The predicted octanol–water partition coefficient (Wildman–Crippen LogP) is 4.81. The molecule has 110 valence electrons. The Hall–Kier alpha value is -2.35. The Morgan fingerprint density at radius 1 is 0.909 bits per heavy atom. The summed E-state index contributed by atoms with van der Waals surface area (Å²) in [6.07, 6.45) is 2.61. The molecule has 2 heterocycles. The Balaban J connectivity index is 1.80. The normalized spacial score (nSPS) is 14.7. The molecule has 0 N–H and O–H groups in total. The average molecular weight is 288 g/mol. The van der Waals surface area contributed by atoms with Crippen molar-refractivity contribution >= 4 is 16.6 Å². The van der Waals surface area contributed by atoms with Crippen LogP contribution in [-0.4, -0.2) is 18.1 Å². The van der Waals surface area contributed by atoms with Gasteiger partial charge in [0, 0.05) is 29.7 Å². The van der Waals surface area contributed by atoms with Crippen LogP contribution in [0.5, 0.6) is 0 Å². The fourth-order valence-electron chi connectivity index (χ4n) is 3.27. The lowest BCUT2D eigenvalue weighted by Crippen LogP contribution is -2.17. The predicted molar refractivity (Wildman–Crippen MR) is 93.4 cm³/mol. The summed E-state index contributed by atoms with van der Waals surface area (Å²) in [5.74, 6) is 0. The van der Waals surface area contributed by atoms with Gasteiger partial charge in [-0.05, 0) is 49.6 Å². The Kier molecular flexibility index (Phi) is 3.30. The van der Waals surface area contributed by atoms with E-state index in [1.54, 1.807) is 0 Å². The Bertz CT molecular complexity index is 817. The van der Waals surface area contributed by atoms with Gasteiger partial charge in [-0.15, -0.1) is 0 Å². The standard InChI is InChI=1S/C20H20N2/c1-15-8-10-17(22-12-4-5-13-22)14-18(15)20-11-9-16-6-2-3-7-19(16)21-20/h2-3,6-11,14H,4-5,12-13H2,1H3. The highest BCUT2D eigenvalue weighted by Gasteiger charge is 2.14. The third kappa shape index (κ3) is 2.35. The zero-order chi connectivity index (χ0) is 14.9. The van der Waals surface area contributed by atoms with Crippen LogP contribution in [0.1, 0.15) is 18.4 Å². The van der Waals surface area contributed by atoms with Gasteiger partial charge in [-0.25, -0.2) is 4.98 Å². The van der Waals surface area contributed by atoms with Gasteiger partial charge in [0.1, 0.15) is 0 Å². The number of para-hydroxylation sites is 1. The van der Waals surface area contributed by atoms with E-state index in [0.29, 0.717) is 0 Å². The fourth-order valence-corrected chi connectivity index (χ4v) is 3.27. The van der Waals surface area contributed by atoms with Crippen LogP contribution in [0.4, 0.5) is 5.69 Å². The van der Waals surface area contributed by atoms with Crippen molar-refractivity contribution in [2.75, 3.05) is 18.0 Å². The second-order valence-electron chi connectivity index (χ2n) is 6.08. The zero-order valence-corrected chi connectivity index (χ0v) is 12.9. The van der Waals surface area contributed by atoms with Crippen LogP contribution in [-0.2, 0) is 0 Å². The van der Waals surface area contributed by atoms with Crippen molar-refractivity contribution in [1.82, 2.24) is 4.98 Å². The largest absolute Gasteiger partial charge is 0.372 e. The molecule has 0 unspecified atom stereocenters. The number of hydrogen-bond acceptors (Lipinski definition) is 2. The first-order valence-electron chi connectivity index (χ1n) is 8.03. The lowest BCUT2D eigenvalue weighted by molar-refractivity contribution is 0.949. The van der Waals surface area contributed by atoms with Gasteiger partial charge >= 0.3 is 0 Å². The quantitative estimate of drug-likeness (QED) is 0.672. The van der Waals surface area contributed by atoms with Gasteiger partial charge in [-0.3, -0.25) is 0 Å². The molecule has 1 saturated heterocycles. The van der Waals surface area contributed by atoms with E-state index in [4.69, 9.17) is 4.98 Å². The topological polar surface area (TPSA) is 16.1 Å². The molecule has 0 bridgehead atoms. The zero-order valence-electron chi connectivity index (χ0n) is 12.9. The third-order valence-corrected chi connectivity index (χ3v) is 4.57. The first-order chi connectivity index (χ1) is 10.8. The number of anilines is 1. The third-order valence-electron chi connectivity index (χ3n) is 4.57. The highest BCUT2D eigenvalue weighted by atomic mass is 15.1. The summed E-state index contributed by atoms with van der Waals surface area (Å²) in [4.78, 5) is 7.33. The molecule has 1 aliphatic heterocycles. The van der Waals surface area contributed by atoms with E-state index in [0.717, 1.165) is 11.2 Å². The summed E-state index contributed by atoms with van der Waals surface area (Å²) in [5.41, 5.74) is 5.98. The molecule has 0 spiro atoms. The molecule has 0 amide bonds. The van der Waals surface area contributed by atoms with Crippen LogP contribution in [0.25, 0.3) is 22.2 Å². The Morgan fingerprint density at radius 3 is 2.59 bits per heavy atom. The molecule has 1 aliphatic rings. The molecule has 1 fully saturated rings. The first kappa shape index (κ1) is 13.3. The lowest BCUT2D eigenvalue weighted by Gasteiger charge is -2.19. The highest BCUT2D eigenvalue weighted by molar-refractivity contribution is 5.82. The second-order valence-corrected chi connectivity index (χ2v) is 6.08. The van der Waals surface area contributed by atoms with E-state index >= 15 is 0 Å². The number of rotatable bonds is 2. The molecule has 0 radical (unpaired) electrons. The van der Waals surface area contributed by atoms with Crippen LogP contribution in [0, 0.1) is 6.92 Å². The summed E-state index contributed by atoms with van der Waals surface area (Å²) in [6.45, 7) is 4.52. The molecule has 2 heteroatoms. The molecule has 2 nitrogen and oxygen atoms in total. The maximum atomic E-state index is 4.86.